The molecule has 0 spiro atoms. The van der Waals surface area contributed by atoms with Gasteiger partial charge in [-0.05, 0) is 37.5 Å². The normalized spacial score (nSPS) is 18.0. The predicted molar refractivity (Wildman–Crippen MR) is 85.0 cm³/mol. The zero-order valence-electron chi connectivity index (χ0n) is 12.8. The molecule has 0 radical (unpaired) electrons. The molecule has 1 unspecified atom stereocenters. The highest BCUT2D eigenvalue weighted by Crippen LogP contribution is 2.21. The summed E-state index contributed by atoms with van der Waals surface area (Å²) < 4.78 is 5.93. The number of ether oxygens (including phenoxy) is 1. The van der Waals surface area contributed by atoms with Crippen LogP contribution in [0.3, 0.4) is 0 Å². The summed E-state index contributed by atoms with van der Waals surface area (Å²) in [5.41, 5.74) is 7.39. The largest absolute Gasteiger partial charge is 0.365 e. The van der Waals surface area contributed by atoms with E-state index >= 15 is 0 Å². The molecule has 3 N–H and O–H groups in total. The molecule has 1 aliphatic rings. The van der Waals surface area contributed by atoms with Gasteiger partial charge in [0.15, 0.2) is 0 Å². The fourth-order valence-corrected chi connectivity index (χ4v) is 2.75. The molecule has 0 bridgehead atoms. The van der Waals surface area contributed by atoms with Crippen LogP contribution in [0, 0.1) is 0 Å². The van der Waals surface area contributed by atoms with E-state index in [0.717, 1.165) is 24.1 Å². The number of rotatable bonds is 5. The SMILES string of the molecule is CC(OC1CCCCCC1)C(=O)Nc1cccc(CN)c1. The van der Waals surface area contributed by atoms with Gasteiger partial charge >= 0.3 is 0 Å². The van der Waals surface area contributed by atoms with Crippen molar-refractivity contribution < 1.29 is 9.53 Å². The van der Waals surface area contributed by atoms with Crippen LogP contribution in [-0.4, -0.2) is 18.1 Å². The first-order chi connectivity index (χ1) is 10.2. The van der Waals surface area contributed by atoms with Gasteiger partial charge in [0, 0.05) is 12.2 Å². The summed E-state index contributed by atoms with van der Waals surface area (Å²) in [5, 5.41) is 2.90. The summed E-state index contributed by atoms with van der Waals surface area (Å²) in [6, 6.07) is 7.61. The van der Waals surface area contributed by atoms with E-state index < -0.39 is 6.10 Å². The van der Waals surface area contributed by atoms with Crippen molar-refractivity contribution in [3.63, 3.8) is 0 Å². The van der Waals surface area contributed by atoms with Gasteiger partial charge < -0.3 is 15.8 Å². The maximum atomic E-state index is 12.2. The first-order valence-electron chi connectivity index (χ1n) is 7.94. The third kappa shape index (κ3) is 5.14. The summed E-state index contributed by atoms with van der Waals surface area (Å²) in [4.78, 5) is 12.2. The number of hydrogen-bond acceptors (Lipinski definition) is 3. The lowest BCUT2D eigenvalue weighted by Gasteiger charge is -2.20. The summed E-state index contributed by atoms with van der Waals surface area (Å²) >= 11 is 0. The standard InChI is InChI=1S/C17H26N2O2/c1-13(21-16-9-4-2-3-5-10-16)17(20)19-15-8-6-7-14(11-15)12-18/h6-8,11,13,16H,2-5,9-10,12,18H2,1H3,(H,19,20). The van der Waals surface area contributed by atoms with Crippen molar-refractivity contribution in [3.05, 3.63) is 29.8 Å². The van der Waals surface area contributed by atoms with Gasteiger partial charge in [0.05, 0.1) is 6.10 Å². The van der Waals surface area contributed by atoms with Crippen LogP contribution in [0.25, 0.3) is 0 Å². The van der Waals surface area contributed by atoms with Crippen molar-refractivity contribution >= 4 is 11.6 Å². The van der Waals surface area contributed by atoms with Crippen LogP contribution >= 0.6 is 0 Å². The lowest BCUT2D eigenvalue weighted by molar-refractivity contribution is -0.130. The second kappa shape index (κ2) is 8.15. The van der Waals surface area contributed by atoms with Crippen LogP contribution < -0.4 is 11.1 Å². The molecule has 0 saturated heterocycles. The van der Waals surface area contributed by atoms with Crippen LogP contribution in [0.15, 0.2) is 24.3 Å². The Morgan fingerprint density at radius 3 is 2.71 bits per heavy atom. The lowest BCUT2D eigenvalue weighted by Crippen LogP contribution is -2.31. The maximum absolute atomic E-state index is 12.2. The first-order valence-corrected chi connectivity index (χ1v) is 7.94. The van der Waals surface area contributed by atoms with Crippen molar-refractivity contribution in [2.24, 2.45) is 5.73 Å². The second-order valence-corrected chi connectivity index (χ2v) is 5.79. The van der Waals surface area contributed by atoms with Crippen LogP contribution in [0.1, 0.15) is 51.0 Å². The fraction of sp³-hybridized carbons (Fsp3) is 0.588. The van der Waals surface area contributed by atoms with Crippen LogP contribution in [0.4, 0.5) is 5.69 Å². The Kier molecular flexibility index (Phi) is 6.21. The van der Waals surface area contributed by atoms with E-state index in [4.69, 9.17) is 10.5 Å². The van der Waals surface area contributed by atoms with Gasteiger partial charge in [-0.2, -0.15) is 0 Å². The Morgan fingerprint density at radius 2 is 2.05 bits per heavy atom. The van der Waals surface area contributed by atoms with Gasteiger partial charge in [-0.25, -0.2) is 0 Å². The van der Waals surface area contributed by atoms with Crippen molar-refractivity contribution in [1.82, 2.24) is 0 Å². The number of nitrogens with two attached hydrogens (primary N) is 1. The molecule has 1 aromatic rings. The zero-order chi connectivity index (χ0) is 15.1. The number of anilines is 1. The number of amides is 1. The third-order valence-electron chi connectivity index (χ3n) is 4.00. The van der Waals surface area contributed by atoms with Gasteiger partial charge in [-0.3, -0.25) is 4.79 Å². The monoisotopic (exact) mass is 290 g/mol. The number of benzene rings is 1. The van der Waals surface area contributed by atoms with E-state index in [9.17, 15) is 4.79 Å². The Balaban J connectivity index is 1.86. The van der Waals surface area contributed by atoms with Crippen molar-refractivity contribution in [3.8, 4) is 0 Å². The lowest BCUT2D eigenvalue weighted by atomic mass is 10.1. The molecule has 0 heterocycles. The molecule has 2 rings (SSSR count). The average molecular weight is 290 g/mol. The molecule has 0 aliphatic heterocycles. The average Bonchev–Trinajstić information content (AvgIpc) is 2.76. The minimum Gasteiger partial charge on any atom is -0.365 e. The first kappa shape index (κ1) is 16.0. The predicted octanol–water partition coefficient (Wildman–Crippen LogP) is 3.21. The number of nitrogens with one attached hydrogen (secondary N) is 1. The molecular weight excluding hydrogens is 264 g/mol. The van der Waals surface area contributed by atoms with Crippen molar-refractivity contribution in [2.75, 3.05) is 5.32 Å². The summed E-state index contributed by atoms with van der Waals surface area (Å²) in [6.45, 7) is 2.30. The number of carbonyl (C=O) groups is 1. The molecule has 0 aromatic heterocycles. The highest BCUT2D eigenvalue weighted by molar-refractivity contribution is 5.93. The summed E-state index contributed by atoms with van der Waals surface area (Å²) in [6.07, 6.45) is 6.92. The number of carbonyl (C=O) groups excluding carboxylic acids is 1. The molecule has 1 saturated carbocycles. The van der Waals surface area contributed by atoms with Crippen molar-refractivity contribution in [2.45, 2.75) is 64.2 Å². The van der Waals surface area contributed by atoms with Gasteiger partial charge in [0.2, 0.25) is 0 Å². The topological polar surface area (TPSA) is 64.3 Å². The Hall–Kier alpha value is -1.39. The van der Waals surface area contributed by atoms with E-state index in [1.54, 1.807) is 0 Å². The van der Waals surface area contributed by atoms with E-state index in [1.165, 1.54) is 25.7 Å². The minimum atomic E-state index is -0.422. The molecule has 4 nitrogen and oxygen atoms in total. The highest BCUT2D eigenvalue weighted by Gasteiger charge is 2.20. The summed E-state index contributed by atoms with van der Waals surface area (Å²) in [5.74, 6) is -0.0894. The smallest absolute Gasteiger partial charge is 0.253 e. The zero-order valence-corrected chi connectivity index (χ0v) is 12.8. The van der Waals surface area contributed by atoms with Gasteiger partial charge in [-0.1, -0.05) is 37.8 Å². The fourth-order valence-electron chi connectivity index (χ4n) is 2.75. The second-order valence-electron chi connectivity index (χ2n) is 5.79. The third-order valence-corrected chi connectivity index (χ3v) is 4.00. The molecule has 1 aliphatic carbocycles. The van der Waals surface area contributed by atoms with Crippen molar-refractivity contribution in [1.29, 1.82) is 0 Å². The molecule has 1 atom stereocenters. The Morgan fingerprint density at radius 1 is 1.33 bits per heavy atom. The molecular formula is C17H26N2O2. The molecule has 1 aromatic carbocycles. The molecule has 1 fully saturated rings. The molecule has 21 heavy (non-hydrogen) atoms. The molecule has 1 amide bonds. The van der Waals surface area contributed by atoms with Crippen LogP contribution in [0.2, 0.25) is 0 Å². The van der Waals surface area contributed by atoms with Crippen LogP contribution in [-0.2, 0) is 16.1 Å². The van der Waals surface area contributed by atoms with E-state index in [2.05, 4.69) is 5.32 Å². The highest BCUT2D eigenvalue weighted by atomic mass is 16.5. The summed E-state index contributed by atoms with van der Waals surface area (Å²) in [7, 11) is 0. The van der Waals surface area contributed by atoms with E-state index in [0.29, 0.717) is 6.54 Å². The van der Waals surface area contributed by atoms with Crippen LogP contribution in [0.5, 0.6) is 0 Å². The van der Waals surface area contributed by atoms with Gasteiger partial charge in [0.25, 0.3) is 5.91 Å². The van der Waals surface area contributed by atoms with Gasteiger partial charge in [-0.15, -0.1) is 0 Å². The maximum Gasteiger partial charge on any atom is 0.253 e. The Bertz CT molecular complexity index is 454. The van der Waals surface area contributed by atoms with E-state index in [1.807, 2.05) is 31.2 Å². The number of hydrogen-bond donors (Lipinski definition) is 2. The van der Waals surface area contributed by atoms with E-state index in [-0.39, 0.29) is 12.0 Å². The minimum absolute atomic E-state index is 0.0894. The molecule has 116 valence electrons. The Labute approximate surface area is 127 Å². The quantitative estimate of drug-likeness (QED) is 0.818. The van der Waals surface area contributed by atoms with Gasteiger partial charge in [0.1, 0.15) is 6.10 Å². The molecule has 4 heteroatoms.